The summed E-state index contributed by atoms with van der Waals surface area (Å²) in [5, 5.41) is 0. The van der Waals surface area contributed by atoms with Gasteiger partial charge in [0.25, 0.3) is 0 Å². The lowest BCUT2D eigenvalue weighted by atomic mass is 9.65. The molecule has 1 fully saturated rings. The number of hydrogen-bond donors (Lipinski definition) is 1. The number of rotatable bonds is 3. The van der Waals surface area contributed by atoms with E-state index in [0.717, 1.165) is 12.0 Å². The summed E-state index contributed by atoms with van der Waals surface area (Å²) < 4.78 is 14.1. The van der Waals surface area contributed by atoms with Crippen LogP contribution in [0, 0.1) is 17.2 Å². The zero-order chi connectivity index (χ0) is 14.0. The molecule has 1 aliphatic rings. The van der Waals surface area contributed by atoms with Crippen LogP contribution in [0.5, 0.6) is 0 Å². The minimum absolute atomic E-state index is 0.105. The summed E-state index contributed by atoms with van der Waals surface area (Å²) >= 11 is 3.33. The van der Waals surface area contributed by atoms with Gasteiger partial charge in [-0.15, -0.1) is 0 Å². The van der Waals surface area contributed by atoms with Crippen molar-refractivity contribution in [1.82, 2.24) is 0 Å². The summed E-state index contributed by atoms with van der Waals surface area (Å²) in [4.78, 5) is 0. The molecule has 0 aliphatic heterocycles. The monoisotopic (exact) mass is 327 g/mol. The molecular formula is C16H23BrFN. The number of nitrogens with two attached hydrogens (primary N) is 1. The van der Waals surface area contributed by atoms with Gasteiger partial charge in [0.1, 0.15) is 5.82 Å². The van der Waals surface area contributed by atoms with E-state index in [9.17, 15) is 4.39 Å². The quantitative estimate of drug-likeness (QED) is 0.857. The fraction of sp³-hybridized carbons (Fsp3) is 0.625. The zero-order valence-electron chi connectivity index (χ0n) is 11.8. The Morgan fingerprint density at radius 1 is 1.42 bits per heavy atom. The topological polar surface area (TPSA) is 26.0 Å². The Kier molecular flexibility index (Phi) is 4.67. The molecule has 0 aromatic heterocycles. The molecule has 1 aromatic rings. The van der Waals surface area contributed by atoms with Gasteiger partial charge in [0.2, 0.25) is 0 Å². The molecule has 0 amide bonds. The Hall–Kier alpha value is -0.410. The molecule has 2 atom stereocenters. The van der Waals surface area contributed by atoms with E-state index in [1.165, 1.54) is 31.7 Å². The van der Waals surface area contributed by atoms with E-state index in [1.54, 1.807) is 6.07 Å². The number of hydrogen-bond acceptors (Lipinski definition) is 1. The fourth-order valence-corrected chi connectivity index (χ4v) is 3.84. The van der Waals surface area contributed by atoms with Crippen LogP contribution in [0.15, 0.2) is 22.7 Å². The maximum absolute atomic E-state index is 13.5. The molecule has 0 saturated heterocycles. The second-order valence-corrected chi connectivity index (χ2v) is 7.21. The summed E-state index contributed by atoms with van der Waals surface area (Å²) in [6, 6.07) is 5.30. The van der Waals surface area contributed by atoms with Gasteiger partial charge in [-0.3, -0.25) is 0 Å². The van der Waals surface area contributed by atoms with Crippen LogP contribution < -0.4 is 5.73 Å². The van der Waals surface area contributed by atoms with Crippen molar-refractivity contribution in [2.24, 2.45) is 17.1 Å². The number of halogens is 2. The molecule has 1 nitrogen and oxygen atoms in total. The molecule has 1 aromatic carbocycles. The molecule has 106 valence electrons. The fourth-order valence-electron chi connectivity index (χ4n) is 3.42. The van der Waals surface area contributed by atoms with Gasteiger partial charge in [-0.1, -0.05) is 38.8 Å². The minimum Gasteiger partial charge on any atom is -0.327 e. The van der Waals surface area contributed by atoms with Crippen molar-refractivity contribution in [2.75, 3.05) is 0 Å². The lowest BCUT2D eigenvalue weighted by molar-refractivity contribution is 0.112. The normalized spacial score (nSPS) is 24.2. The van der Waals surface area contributed by atoms with Crippen LogP contribution in [0.3, 0.4) is 0 Å². The zero-order valence-corrected chi connectivity index (χ0v) is 13.3. The number of benzene rings is 1. The highest BCUT2D eigenvalue weighted by atomic mass is 79.9. The van der Waals surface area contributed by atoms with E-state index in [4.69, 9.17) is 5.73 Å². The molecule has 1 aliphatic carbocycles. The van der Waals surface area contributed by atoms with E-state index < -0.39 is 0 Å². The molecular weight excluding hydrogens is 305 g/mol. The average Bonchev–Trinajstić information content (AvgIpc) is 2.34. The van der Waals surface area contributed by atoms with Gasteiger partial charge in [-0.05, 0) is 58.2 Å². The van der Waals surface area contributed by atoms with Gasteiger partial charge in [-0.25, -0.2) is 4.39 Å². The molecule has 1 saturated carbocycles. The first-order valence-electron chi connectivity index (χ1n) is 7.10. The van der Waals surface area contributed by atoms with E-state index in [1.807, 2.05) is 6.07 Å². The van der Waals surface area contributed by atoms with Crippen molar-refractivity contribution in [3.8, 4) is 0 Å². The lowest BCUT2D eigenvalue weighted by Crippen LogP contribution is -2.43. The predicted molar refractivity (Wildman–Crippen MR) is 81.5 cm³/mol. The second kappa shape index (κ2) is 5.92. The molecule has 0 heterocycles. The Balaban J connectivity index is 2.12. The third-order valence-corrected chi connectivity index (χ3v) is 5.48. The summed E-state index contributed by atoms with van der Waals surface area (Å²) in [6.07, 6.45) is 5.76. The molecule has 0 spiro atoms. The smallest absolute Gasteiger partial charge is 0.137 e. The molecule has 19 heavy (non-hydrogen) atoms. The standard InChI is InChI=1S/C16H23BrFN/c1-16(2)9-4-3-7-12(16)14(19)10-11-6-5-8-13(18)15(11)17/h5-6,8,12,14H,3-4,7,9-10,19H2,1-2H3. The van der Waals surface area contributed by atoms with Gasteiger partial charge < -0.3 is 5.73 Å². The van der Waals surface area contributed by atoms with Crippen molar-refractivity contribution < 1.29 is 4.39 Å². The Morgan fingerprint density at radius 2 is 2.16 bits per heavy atom. The van der Waals surface area contributed by atoms with Gasteiger partial charge in [-0.2, -0.15) is 0 Å². The Morgan fingerprint density at radius 3 is 2.84 bits per heavy atom. The highest BCUT2D eigenvalue weighted by molar-refractivity contribution is 9.10. The van der Waals surface area contributed by atoms with Gasteiger partial charge in [0, 0.05) is 6.04 Å². The molecule has 0 bridgehead atoms. The first kappa shape index (κ1) is 15.0. The summed E-state index contributed by atoms with van der Waals surface area (Å²) in [5.74, 6) is 0.323. The van der Waals surface area contributed by atoms with E-state index in [0.29, 0.717) is 15.8 Å². The first-order chi connectivity index (χ1) is 8.92. The maximum Gasteiger partial charge on any atom is 0.137 e. The second-order valence-electron chi connectivity index (χ2n) is 6.42. The van der Waals surface area contributed by atoms with Crippen LogP contribution >= 0.6 is 15.9 Å². The predicted octanol–water partition coefficient (Wildman–Crippen LogP) is 4.67. The van der Waals surface area contributed by atoms with Crippen LogP contribution in [-0.2, 0) is 6.42 Å². The largest absolute Gasteiger partial charge is 0.327 e. The van der Waals surface area contributed by atoms with Crippen molar-refractivity contribution >= 4 is 15.9 Å². The van der Waals surface area contributed by atoms with Crippen LogP contribution in [0.4, 0.5) is 4.39 Å². The highest BCUT2D eigenvalue weighted by Crippen LogP contribution is 2.42. The highest BCUT2D eigenvalue weighted by Gasteiger charge is 2.36. The van der Waals surface area contributed by atoms with Crippen molar-refractivity contribution in [3.05, 3.63) is 34.1 Å². The average molecular weight is 328 g/mol. The van der Waals surface area contributed by atoms with Gasteiger partial charge in [0.15, 0.2) is 0 Å². The summed E-state index contributed by atoms with van der Waals surface area (Å²) in [6.45, 7) is 4.63. The molecule has 2 N–H and O–H groups in total. The first-order valence-corrected chi connectivity index (χ1v) is 7.89. The van der Waals surface area contributed by atoms with Crippen molar-refractivity contribution in [1.29, 1.82) is 0 Å². The molecule has 2 rings (SSSR count). The van der Waals surface area contributed by atoms with Gasteiger partial charge in [0.05, 0.1) is 4.47 Å². The maximum atomic E-state index is 13.5. The van der Waals surface area contributed by atoms with Crippen LogP contribution in [-0.4, -0.2) is 6.04 Å². The SMILES string of the molecule is CC1(C)CCCCC1C(N)Cc1cccc(F)c1Br. The molecule has 3 heteroatoms. The van der Waals surface area contributed by atoms with E-state index in [-0.39, 0.29) is 11.9 Å². The molecule has 2 unspecified atom stereocenters. The van der Waals surface area contributed by atoms with Crippen molar-refractivity contribution in [2.45, 2.75) is 52.0 Å². The van der Waals surface area contributed by atoms with Crippen LogP contribution in [0.1, 0.15) is 45.1 Å². The summed E-state index contributed by atoms with van der Waals surface area (Å²) in [7, 11) is 0. The Labute approximate surface area is 123 Å². The Bertz CT molecular complexity index is 444. The lowest BCUT2D eigenvalue weighted by Gasteiger charge is -2.42. The van der Waals surface area contributed by atoms with Crippen molar-refractivity contribution in [3.63, 3.8) is 0 Å². The third-order valence-electron chi connectivity index (χ3n) is 4.59. The third kappa shape index (κ3) is 3.38. The van der Waals surface area contributed by atoms with Gasteiger partial charge >= 0.3 is 0 Å². The summed E-state index contributed by atoms with van der Waals surface area (Å²) in [5.41, 5.74) is 7.72. The van der Waals surface area contributed by atoms with E-state index >= 15 is 0 Å². The van der Waals surface area contributed by atoms with Crippen LogP contribution in [0.2, 0.25) is 0 Å². The van der Waals surface area contributed by atoms with Crippen LogP contribution in [0.25, 0.3) is 0 Å². The van der Waals surface area contributed by atoms with E-state index in [2.05, 4.69) is 29.8 Å². The molecule has 0 radical (unpaired) electrons. The minimum atomic E-state index is -0.201.